The van der Waals surface area contributed by atoms with Crippen molar-refractivity contribution in [3.05, 3.63) is 53.6 Å². The summed E-state index contributed by atoms with van der Waals surface area (Å²) in [4.78, 5) is 15.4. The summed E-state index contributed by atoms with van der Waals surface area (Å²) in [5.74, 6) is -0.769. The van der Waals surface area contributed by atoms with Gasteiger partial charge in [0.05, 0.1) is 11.1 Å². The van der Waals surface area contributed by atoms with E-state index in [1.54, 1.807) is 0 Å². The first kappa shape index (κ1) is 16.7. The summed E-state index contributed by atoms with van der Waals surface area (Å²) in [7, 11) is 0. The van der Waals surface area contributed by atoms with Crippen molar-refractivity contribution in [3.8, 4) is 28.6 Å². The normalized spacial score (nSPS) is 11.5. The number of nitrogens with zero attached hydrogens (tertiary/aromatic N) is 2. The van der Waals surface area contributed by atoms with Crippen molar-refractivity contribution in [1.29, 1.82) is 0 Å². The molecule has 3 aromatic rings. The lowest BCUT2D eigenvalue weighted by Crippen LogP contribution is -2.10. The Hall–Kier alpha value is -3.15. The average molecular weight is 338 g/mol. The van der Waals surface area contributed by atoms with Gasteiger partial charge in [-0.3, -0.25) is 0 Å². The first-order valence-corrected chi connectivity index (χ1v) is 7.77. The number of carbonyl (C=O) groups is 1. The summed E-state index contributed by atoms with van der Waals surface area (Å²) in [5, 5.41) is 22.9. The van der Waals surface area contributed by atoms with E-state index in [1.807, 2.05) is 24.3 Å². The number of phenols is 1. The van der Waals surface area contributed by atoms with Crippen LogP contribution in [0, 0.1) is 0 Å². The highest BCUT2D eigenvalue weighted by Crippen LogP contribution is 2.30. The second-order valence-corrected chi connectivity index (χ2v) is 6.79. The number of aromatic carboxylic acids is 1. The Bertz CT molecular complexity index is 921. The zero-order valence-corrected chi connectivity index (χ0v) is 14.1. The van der Waals surface area contributed by atoms with E-state index < -0.39 is 5.97 Å². The Balaban J connectivity index is 1.96. The van der Waals surface area contributed by atoms with E-state index in [-0.39, 0.29) is 28.1 Å². The third-order valence-electron chi connectivity index (χ3n) is 3.91. The van der Waals surface area contributed by atoms with Crippen LogP contribution in [0.2, 0.25) is 0 Å². The maximum atomic E-state index is 11.1. The van der Waals surface area contributed by atoms with Crippen molar-refractivity contribution in [2.24, 2.45) is 0 Å². The highest BCUT2D eigenvalue weighted by molar-refractivity contribution is 5.90. The number of aromatic hydroxyl groups is 1. The third-order valence-corrected chi connectivity index (χ3v) is 3.91. The van der Waals surface area contributed by atoms with E-state index in [0.717, 1.165) is 5.56 Å². The van der Waals surface area contributed by atoms with Crippen molar-refractivity contribution in [1.82, 2.24) is 10.1 Å². The molecule has 25 heavy (non-hydrogen) atoms. The van der Waals surface area contributed by atoms with Gasteiger partial charge in [-0.2, -0.15) is 4.98 Å². The van der Waals surface area contributed by atoms with Crippen LogP contribution in [0.3, 0.4) is 0 Å². The van der Waals surface area contributed by atoms with Crippen LogP contribution < -0.4 is 0 Å². The third kappa shape index (κ3) is 3.38. The fourth-order valence-electron chi connectivity index (χ4n) is 2.41. The largest absolute Gasteiger partial charge is 0.507 e. The van der Waals surface area contributed by atoms with Gasteiger partial charge in [-0.25, -0.2) is 4.79 Å². The van der Waals surface area contributed by atoms with Crippen LogP contribution in [0.5, 0.6) is 5.75 Å². The van der Waals surface area contributed by atoms with Gasteiger partial charge in [0.1, 0.15) is 5.75 Å². The summed E-state index contributed by atoms with van der Waals surface area (Å²) < 4.78 is 5.27. The van der Waals surface area contributed by atoms with E-state index >= 15 is 0 Å². The van der Waals surface area contributed by atoms with Gasteiger partial charge in [-0.05, 0) is 41.3 Å². The van der Waals surface area contributed by atoms with Crippen molar-refractivity contribution in [2.45, 2.75) is 26.2 Å². The molecule has 6 heteroatoms. The zero-order chi connectivity index (χ0) is 18.2. The van der Waals surface area contributed by atoms with Gasteiger partial charge in [0, 0.05) is 5.56 Å². The standard InChI is InChI=1S/C19H18N2O4/c1-19(2,3)13-7-4-11(5-8-13)17-20-16(21-25-17)14-10-12(18(23)24)6-9-15(14)22/h4-10,22H,1-3H3,(H,23,24). The number of benzene rings is 2. The molecular formula is C19H18N2O4. The number of carboxylic acids is 1. The smallest absolute Gasteiger partial charge is 0.335 e. The van der Waals surface area contributed by atoms with Crippen LogP contribution in [-0.4, -0.2) is 26.3 Å². The van der Waals surface area contributed by atoms with E-state index in [2.05, 4.69) is 30.9 Å². The molecule has 0 aliphatic carbocycles. The molecule has 2 N–H and O–H groups in total. The molecule has 3 rings (SSSR count). The molecule has 0 unspecified atom stereocenters. The van der Waals surface area contributed by atoms with E-state index in [1.165, 1.54) is 23.8 Å². The molecule has 0 amide bonds. The molecule has 0 fully saturated rings. The minimum Gasteiger partial charge on any atom is -0.507 e. The molecule has 0 saturated heterocycles. The van der Waals surface area contributed by atoms with Crippen molar-refractivity contribution in [3.63, 3.8) is 0 Å². The topological polar surface area (TPSA) is 96.5 Å². The maximum absolute atomic E-state index is 11.1. The molecule has 128 valence electrons. The number of carboxylic acid groups (broad SMARTS) is 1. The van der Waals surface area contributed by atoms with E-state index in [4.69, 9.17) is 9.63 Å². The van der Waals surface area contributed by atoms with Crippen LogP contribution >= 0.6 is 0 Å². The summed E-state index contributed by atoms with van der Waals surface area (Å²) >= 11 is 0. The predicted octanol–water partition coefficient (Wildman–Crippen LogP) is 4.10. The molecule has 2 aromatic carbocycles. The molecule has 6 nitrogen and oxygen atoms in total. The van der Waals surface area contributed by atoms with Gasteiger partial charge in [-0.1, -0.05) is 38.1 Å². The Morgan fingerprint density at radius 1 is 1.08 bits per heavy atom. The number of hydrogen-bond acceptors (Lipinski definition) is 5. The minimum absolute atomic E-state index is 0.0358. The fraction of sp³-hybridized carbons (Fsp3) is 0.211. The highest BCUT2D eigenvalue weighted by atomic mass is 16.5. The van der Waals surface area contributed by atoms with Gasteiger partial charge in [0.2, 0.25) is 5.82 Å². The molecule has 0 aliphatic rings. The second kappa shape index (κ2) is 6.05. The summed E-state index contributed by atoms with van der Waals surface area (Å²) in [6.45, 7) is 6.39. The molecule has 1 aromatic heterocycles. The lowest BCUT2D eigenvalue weighted by Gasteiger charge is -2.18. The maximum Gasteiger partial charge on any atom is 0.335 e. The second-order valence-electron chi connectivity index (χ2n) is 6.79. The van der Waals surface area contributed by atoms with Gasteiger partial charge in [0.25, 0.3) is 5.89 Å². The molecule has 0 radical (unpaired) electrons. The van der Waals surface area contributed by atoms with E-state index in [0.29, 0.717) is 5.89 Å². The van der Waals surface area contributed by atoms with Gasteiger partial charge in [-0.15, -0.1) is 0 Å². The number of hydrogen-bond donors (Lipinski definition) is 2. The zero-order valence-electron chi connectivity index (χ0n) is 14.1. The van der Waals surface area contributed by atoms with Crippen LogP contribution in [0.4, 0.5) is 0 Å². The van der Waals surface area contributed by atoms with Crippen molar-refractivity contribution in [2.75, 3.05) is 0 Å². The quantitative estimate of drug-likeness (QED) is 0.746. The molecule has 0 aliphatic heterocycles. The lowest BCUT2D eigenvalue weighted by atomic mass is 9.87. The average Bonchev–Trinajstić information content (AvgIpc) is 3.04. The number of phenolic OH excluding ortho intramolecular Hbond substituents is 1. The molecular weight excluding hydrogens is 320 g/mol. The first-order chi connectivity index (χ1) is 11.8. The highest BCUT2D eigenvalue weighted by Gasteiger charge is 2.17. The van der Waals surface area contributed by atoms with Gasteiger partial charge in [0.15, 0.2) is 0 Å². The van der Waals surface area contributed by atoms with Gasteiger partial charge < -0.3 is 14.7 Å². The number of rotatable bonds is 3. The number of aromatic nitrogens is 2. The minimum atomic E-state index is -1.09. The van der Waals surface area contributed by atoms with Crippen LogP contribution in [-0.2, 0) is 5.41 Å². The van der Waals surface area contributed by atoms with Crippen LogP contribution in [0.15, 0.2) is 47.0 Å². The van der Waals surface area contributed by atoms with E-state index in [9.17, 15) is 9.90 Å². The van der Waals surface area contributed by atoms with Crippen molar-refractivity contribution >= 4 is 5.97 Å². The van der Waals surface area contributed by atoms with Gasteiger partial charge >= 0.3 is 5.97 Å². The molecule has 0 spiro atoms. The SMILES string of the molecule is CC(C)(C)c1ccc(-c2nc(-c3cc(C(=O)O)ccc3O)no2)cc1. The van der Waals surface area contributed by atoms with Crippen LogP contribution in [0.25, 0.3) is 22.8 Å². The molecule has 1 heterocycles. The summed E-state index contributed by atoms with van der Waals surface area (Å²) in [6, 6.07) is 11.7. The Kier molecular flexibility index (Phi) is 4.04. The lowest BCUT2D eigenvalue weighted by molar-refractivity contribution is 0.0697. The molecule has 0 atom stereocenters. The summed E-state index contributed by atoms with van der Waals surface area (Å²) in [5.41, 5.74) is 2.22. The Morgan fingerprint density at radius 2 is 1.76 bits per heavy atom. The van der Waals surface area contributed by atoms with Crippen molar-refractivity contribution < 1.29 is 19.5 Å². The molecule has 0 saturated carbocycles. The monoisotopic (exact) mass is 338 g/mol. The molecule has 0 bridgehead atoms. The summed E-state index contributed by atoms with van der Waals surface area (Å²) in [6.07, 6.45) is 0. The van der Waals surface area contributed by atoms with Crippen LogP contribution in [0.1, 0.15) is 36.7 Å². The first-order valence-electron chi connectivity index (χ1n) is 7.77. The predicted molar refractivity (Wildman–Crippen MR) is 92.5 cm³/mol. The Morgan fingerprint density at radius 3 is 2.36 bits per heavy atom. The Labute approximate surface area is 144 Å². The fourth-order valence-corrected chi connectivity index (χ4v) is 2.41.